The quantitative estimate of drug-likeness (QED) is 0.863. The molecule has 0 saturated carbocycles. The molecular weight excluding hydrogens is 268 g/mol. The van der Waals surface area contributed by atoms with E-state index in [4.69, 9.17) is 9.47 Å². The number of aromatic hydroxyl groups is 1. The second-order valence-corrected chi connectivity index (χ2v) is 4.15. The first-order valence-corrected chi connectivity index (χ1v) is 5.84. The summed E-state index contributed by atoms with van der Waals surface area (Å²) in [6.45, 7) is 0. The predicted octanol–water partition coefficient (Wildman–Crippen LogP) is 2.89. The standard InChI is InChI=1S/C9H11BrO3S/c1-12-6-4-5(10)7(11)8(13-2)9(6)14-3/h4,11H,1-3H3. The van der Waals surface area contributed by atoms with Gasteiger partial charge in [-0.15, -0.1) is 11.8 Å². The maximum absolute atomic E-state index is 9.69. The average Bonchev–Trinajstić information content (AvgIpc) is 2.20. The van der Waals surface area contributed by atoms with Gasteiger partial charge in [0, 0.05) is 0 Å². The number of halogens is 1. The third-order valence-corrected chi connectivity index (χ3v) is 3.16. The van der Waals surface area contributed by atoms with Crippen molar-refractivity contribution in [2.45, 2.75) is 4.90 Å². The number of methoxy groups -OCH3 is 2. The molecule has 1 rings (SSSR count). The molecule has 0 radical (unpaired) electrons. The second-order valence-electron chi connectivity index (χ2n) is 2.48. The largest absolute Gasteiger partial charge is 0.503 e. The van der Waals surface area contributed by atoms with Gasteiger partial charge in [0.15, 0.2) is 11.5 Å². The van der Waals surface area contributed by atoms with Gasteiger partial charge < -0.3 is 14.6 Å². The molecule has 0 saturated heterocycles. The van der Waals surface area contributed by atoms with Crippen molar-refractivity contribution >= 4 is 27.7 Å². The van der Waals surface area contributed by atoms with Crippen molar-refractivity contribution in [1.29, 1.82) is 0 Å². The van der Waals surface area contributed by atoms with Gasteiger partial charge in [-0.1, -0.05) is 0 Å². The Bertz CT molecular complexity index is 341. The fourth-order valence-electron chi connectivity index (χ4n) is 1.11. The fraction of sp³-hybridized carbons (Fsp3) is 0.333. The van der Waals surface area contributed by atoms with Gasteiger partial charge in [0.25, 0.3) is 0 Å². The lowest BCUT2D eigenvalue weighted by atomic mass is 10.3. The highest BCUT2D eigenvalue weighted by Crippen LogP contribution is 2.46. The van der Waals surface area contributed by atoms with Crippen LogP contribution in [0.4, 0.5) is 0 Å². The Morgan fingerprint density at radius 2 is 2.00 bits per heavy atom. The zero-order valence-electron chi connectivity index (χ0n) is 8.13. The van der Waals surface area contributed by atoms with E-state index in [-0.39, 0.29) is 5.75 Å². The summed E-state index contributed by atoms with van der Waals surface area (Å²) in [5.41, 5.74) is 0. The van der Waals surface area contributed by atoms with Crippen LogP contribution in [0.25, 0.3) is 0 Å². The summed E-state index contributed by atoms with van der Waals surface area (Å²) >= 11 is 4.69. The first-order valence-electron chi connectivity index (χ1n) is 3.83. The Hall–Kier alpha value is -0.550. The first-order chi connectivity index (χ1) is 6.65. The van der Waals surface area contributed by atoms with E-state index >= 15 is 0 Å². The Morgan fingerprint density at radius 3 is 2.43 bits per heavy atom. The average molecular weight is 279 g/mol. The smallest absolute Gasteiger partial charge is 0.179 e. The number of rotatable bonds is 3. The molecule has 3 nitrogen and oxygen atoms in total. The van der Waals surface area contributed by atoms with Crippen LogP contribution in [0.3, 0.4) is 0 Å². The van der Waals surface area contributed by atoms with Crippen LogP contribution in [0.1, 0.15) is 0 Å². The van der Waals surface area contributed by atoms with E-state index in [0.29, 0.717) is 16.0 Å². The maximum Gasteiger partial charge on any atom is 0.179 e. The van der Waals surface area contributed by atoms with Crippen molar-refractivity contribution in [3.63, 3.8) is 0 Å². The third kappa shape index (κ3) is 1.93. The number of hydrogen-bond acceptors (Lipinski definition) is 4. The summed E-state index contributed by atoms with van der Waals surface area (Å²) in [7, 11) is 3.10. The number of phenols is 1. The molecule has 5 heteroatoms. The zero-order chi connectivity index (χ0) is 10.7. The van der Waals surface area contributed by atoms with E-state index in [1.54, 1.807) is 13.2 Å². The van der Waals surface area contributed by atoms with Gasteiger partial charge in [-0.2, -0.15) is 0 Å². The van der Waals surface area contributed by atoms with Crippen LogP contribution in [-0.4, -0.2) is 25.6 Å². The summed E-state index contributed by atoms with van der Waals surface area (Å²) < 4.78 is 10.8. The van der Waals surface area contributed by atoms with Gasteiger partial charge in [0.05, 0.1) is 23.6 Å². The Balaban J connectivity index is 3.42. The molecule has 0 heterocycles. The van der Waals surface area contributed by atoms with Gasteiger partial charge in [0.1, 0.15) is 5.75 Å². The van der Waals surface area contributed by atoms with E-state index in [0.717, 1.165) is 4.90 Å². The summed E-state index contributed by atoms with van der Waals surface area (Å²) in [6, 6.07) is 1.71. The minimum absolute atomic E-state index is 0.0950. The fourth-order valence-corrected chi connectivity index (χ4v) is 2.21. The highest BCUT2D eigenvalue weighted by molar-refractivity contribution is 9.10. The van der Waals surface area contributed by atoms with Crippen LogP contribution >= 0.6 is 27.7 Å². The normalized spacial score (nSPS) is 10.0. The van der Waals surface area contributed by atoms with Crippen LogP contribution < -0.4 is 9.47 Å². The maximum atomic E-state index is 9.69. The minimum Gasteiger partial charge on any atom is -0.503 e. The molecule has 0 atom stereocenters. The minimum atomic E-state index is 0.0950. The summed E-state index contributed by atoms with van der Waals surface area (Å²) in [5.74, 6) is 1.21. The third-order valence-electron chi connectivity index (χ3n) is 1.76. The van der Waals surface area contributed by atoms with Crippen LogP contribution in [0.5, 0.6) is 17.2 Å². The van der Waals surface area contributed by atoms with E-state index in [1.165, 1.54) is 18.9 Å². The van der Waals surface area contributed by atoms with Gasteiger partial charge in [0.2, 0.25) is 0 Å². The van der Waals surface area contributed by atoms with Crippen molar-refractivity contribution in [3.8, 4) is 17.2 Å². The Labute approximate surface area is 95.5 Å². The number of thioether (sulfide) groups is 1. The van der Waals surface area contributed by atoms with Crippen molar-refractivity contribution < 1.29 is 14.6 Å². The molecule has 0 aliphatic carbocycles. The number of ether oxygens (including phenoxy) is 2. The Morgan fingerprint density at radius 1 is 1.36 bits per heavy atom. The molecule has 0 bridgehead atoms. The highest BCUT2D eigenvalue weighted by Gasteiger charge is 2.17. The van der Waals surface area contributed by atoms with E-state index in [9.17, 15) is 5.11 Å². The first kappa shape index (κ1) is 11.5. The summed E-state index contributed by atoms with van der Waals surface area (Å²) in [4.78, 5) is 0.788. The lowest BCUT2D eigenvalue weighted by Crippen LogP contribution is -1.92. The van der Waals surface area contributed by atoms with Crippen LogP contribution in [-0.2, 0) is 0 Å². The predicted molar refractivity (Wildman–Crippen MR) is 60.7 cm³/mol. The topological polar surface area (TPSA) is 38.7 Å². The molecule has 0 unspecified atom stereocenters. The van der Waals surface area contributed by atoms with Crippen molar-refractivity contribution in [2.24, 2.45) is 0 Å². The number of phenolic OH excluding ortho intramolecular Hbond substituents is 1. The van der Waals surface area contributed by atoms with Crippen LogP contribution in [0.2, 0.25) is 0 Å². The molecule has 14 heavy (non-hydrogen) atoms. The summed E-state index contributed by atoms with van der Waals surface area (Å²) in [5, 5.41) is 9.69. The van der Waals surface area contributed by atoms with Crippen molar-refractivity contribution in [3.05, 3.63) is 10.5 Å². The van der Waals surface area contributed by atoms with E-state index < -0.39 is 0 Å². The van der Waals surface area contributed by atoms with Gasteiger partial charge in [-0.05, 0) is 28.3 Å². The summed E-state index contributed by atoms with van der Waals surface area (Å²) in [6.07, 6.45) is 1.90. The highest BCUT2D eigenvalue weighted by atomic mass is 79.9. The SMILES string of the molecule is COc1cc(Br)c(O)c(OC)c1SC. The number of hydrogen-bond donors (Lipinski definition) is 1. The number of benzene rings is 1. The zero-order valence-corrected chi connectivity index (χ0v) is 10.5. The monoisotopic (exact) mass is 278 g/mol. The second kappa shape index (κ2) is 4.79. The van der Waals surface area contributed by atoms with Gasteiger partial charge in [-0.3, -0.25) is 0 Å². The molecule has 78 valence electrons. The molecule has 0 aliphatic rings. The lowest BCUT2D eigenvalue weighted by Gasteiger charge is -2.13. The van der Waals surface area contributed by atoms with Crippen molar-refractivity contribution in [1.82, 2.24) is 0 Å². The molecule has 0 aromatic heterocycles. The molecular formula is C9H11BrO3S. The lowest BCUT2D eigenvalue weighted by molar-refractivity contribution is 0.348. The van der Waals surface area contributed by atoms with Gasteiger partial charge >= 0.3 is 0 Å². The molecule has 0 spiro atoms. The van der Waals surface area contributed by atoms with Crippen LogP contribution in [0.15, 0.2) is 15.4 Å². The Kier molecular flexibility index (Phi) is 3.95. The van der Waals surface area contributed by atoms with Crippen LogP contribution in [0, 0.1) is 0 Å². The molecule has 0 amide bonds. The van der Waals surface area contributed by atoms with E-state index in [2.05, 4.69) is 15.9 Å². The molecule has 1 aromatic carbocycles. The molecule has 0 aliphatic heterocycles. The molecule has 1 aromatic rings. The van der Waals surface area contributed by atoms with Crippen molar-refractivity contribution in [2.75, 3.05) is 20.5 Å². The molecule has 1 N–H and O–H groups in total. The van der Waals surface area contributed by atoms with E-state index in [1.807, 2.05) is 6.26 Å². The molecule has 0 fully saturated rings. The van der Waals surface area contributed by atoms with Gasteiger partial charge in [-0.25, -0.2) is 0 Å².